The maximum absolute atomic E-state index is 5.92. The summed E-state index contributed by atoms with van der Waals surface area (Å²) in [6.07, 6.45) is 0.905. The van der Waals surface area contributed by atoms with Crippen LogP contribution >= 0.6 is 11.6 Å². The van der Waals surface area contributed by atoms with Gasteiger partial charge in [0.05, 0.1) is 11.6 Å². The maximum Gasteiger partial charge on any atom is 0.138 e. The highest BCUT2D eigenvalue weighted by molar-refractivity contribution is 6.32. The molecular formula is C12H17ClO3. The van der Waals surface area contributed by atoms with E-state index in [1.165, 1.54) is 0 Å². The van der Waals surface area contributed by atoms with Crippen LogP contribution in [-0.4, -0.2) is 33.5 Å². The number of ether oxygens (including phenoxy) is 3. The molecule has 0 aromatic heterocycles. The molecule has 0 aliphatic carbocycles. The summed E-state index contributed by atoms with van der Waals surface area (Å²) in [6.45, 7) is 2.50. The highest BCUT2D eigenvalue weighted by atomic mass is 35.5. The highest BCUT2D eigenvalue weighted by Gasteiger charge is 1.98. The van der Waals surface area contributed by atoms with Gasteiger partial charge in [-0.1, -0.05) is 23.7 Å². The van der Waals surface area contributed by atoms with Crippen molar-refractivity contribution in [2.24, 2.45) is 0 Å². The summed E-state index contributed by atoms with van der Waals surface area (Å²) in [5, 5.41) is 0.627. The lowest BCUT2D eigenvalue weighted by molar-refractivity contribution is 0.0807. The Morgan fingerprint density at radius 3 is 2.62 bits per heavy atom. The minimum Gasteiger partial charge on any atom is -0.490 e. The predicted octanol–water partition coefficient (Wildman–Crippen LogP) is 2.77. The molecule has 16 heavy (non-hydrogen) atoms. The average Bonchev–Trinajstić information content (AvgIpc) is 2.30. The third-order valence-corrected chi connectivity index (χ3v) is 2.27. The molecule has 1 aromatic rings. The van der Waals surface area contributed by atoms with Crippen molar-refractivity contribution < 1.29 is 14.2 Å². The molecule has 1 aromatic carbocycles. The van der Waals surface area contributed by atoms with Crippen LogP contribution in [0.25, 0.3) is 0 Å². The van der Waals surface area contributed by atoms with Crippen molar-refractivity contribution in [3.63, 3.8) is 0 Å². The van der Waals surface area contributed by atoms with E-state index >= 15 is 0 Å². The van der Waals surface area contributed by atoms with Crippen LogP contribution in [0, 0.1) is 0 Å². The molecule has 0 spiro atoms. The lowest BCUT2D eigenvalue weighted by Gasteiger charge is -2.08. The second kappa shape index (κ2) is 8.39. The summed E-state index contributed by atoms with van der Waals surface area (Å²) in [5.41, 5.74) is 0. The first-order chi connectivity index (χ1) is 7.84. The van der Waals surface area contributed by atoms with E-state index in [1.807, 2.05) is 18.2 Å². The number of para-hydroxylation sites is 1. The fraction of sp³-hybridized carbons (Fsp3) is 0.500. The number of halogens is 1. The summed E-state index contributed by atoms with van der Waals surface area (Å²) in [6, 6.07) is 7.40. The average molecular weight is 245 g/mol. The molecule has 0 fully saturated rings. The Hall–Kier alpha value is -0.770. The molecule has 90 valence electrons. The number of methoxy groups -OCH3 is 1. The second-order valence-electron chi connectivity index (χ2n) is 3.24. The van der Waals surface area contributed by atoms with Gasteiger partial charge >= 0.3 is 0 Å². The first kappa shape index (κ1) is 13.3. The fourth-order valence-corrected chi connectivity index (χ4v) is 1.37. The van der Waals surface area contributed by atoms with Crippen LogP contribution in [0.2, 0.25) is 5.02 Å². The normalized spacial score (nSPS) is 10.4. The first-order valence-electron chi connectivity index (χ1n) is 5.28. The molecule has 0 aliphatic heterocycles. The SMILES string of the molecule is COCCCOCCOc1ccccc1Cl. The van der Waals surface area contributed by atoms with Gasteiger partial charge in [-0.15, -0.1) is 0 Å². The monoisotopic (exact) mass is 244 g/mol. The van der Waals surface area contributed by atoms with Crippen LogP contribution in [0.15, 0.2) is 24.3 Å². The molecule has 3 nitrogen and oxygen atoms in total. The molecule has 0 radical (unpaired) electrons. The first-order valence-corrected chi connectivity index (χ1v) is 5.66. The molecule has 0 saturated heterocycles. The third kappa shape index (κ3) is 5.35. The Balaban J connectivity index is 2.05. The number of rotatable bonds is 8. The van der Waals surface area contributed by atoms with E-state index in [0.29, 0.717) is 30.6 Å². The van der Waals surface area contributed by atoms with Crippen molar-refractivity contribution in [1.29, 1.82) is 0 Å². The molecule has 0 unspecified atom stereocenters. The molecule has 0 heterocycles. The van der Waals surface area contributed by atoms with E-state index in [4.69, 9.17) is 25.8 Å². The Labute approximate surface area is 101 Å². The standard InChI is InChI=1S/C12H17ClO3/c1-14-7-4-8-15-9-10-16-12-6-3-2-5-11(12)13/h2-3,5-6H,4,7-10H2,1H3. The highest BCUT2D eigenvalue weighted by Crippen LogP contribution is 2.22. The second-order valence-corrected chi connectivity index (χ2v) is 3.64. The van der Waals surface area contributed by atoms with E-state index in [9.17, 15) is 0 Å². The minimum atomic E-state index is 0.511. The van der Waals surface area contributed by atoms with Crippen molar-refractivity contribution in [3.05, 3.63) is 29.3 Å². The lowest BCUT2D eigenvalue weighted by Crippen LogP contribution is -2.08. The molecular weight excluding hydrogens is 228 g/mol. The molecule has 0 amide bonds. The van der Waals surface area contributed by atoms with Gasteiger partial charge in [-0.3, -0.25) is 0 Å². The van der Waals surface area contributed by atoms with Gasteiger partial charge < -0.3 is 14.2 Å². The number of hydrogen-bond acceptors (Lipinski definition) is 3. The number of benzene rings is 1. The third-order valence-electron chi connectivity index (χ3n) is 1.96. The molecule has 0 N–H and O–H groups in total. The van der Waals surface area contributed by atoms with Gasteiger partial charge in [0.1, 0.15) is 12.4 Å². The largest absolute Gasteiger partial charge is 0.490 e. The van der Waals surface area contributed by atoms with Crippen LogP contribution in [0.1, 0.15) is 6.42 Å². The van der Waals surface area contributed by atoms with Crippen LogP contribution in [-0.2, 0) is 9.47 Å². The van der Waals surface area contributed by atoms with Crippen molar-refractivity contribution in [1.82, 2.24) is 0 Å². The van der Waals surface area contributed by atoms with Crippen molar-refractivity contribution >= 4 is 11.6 Å². The topological polar surface area (TPSA) is 27.7 Å². The molecule has 4 heteroatoms. The molecule has 1 rings (SSSR count). The zero-order chi connectivity index (χ0) is 11.6. The fourth-order valence-electron chi connectivity index (χ4n) is 1.18. The van der Waals surface area contributed by atoms with Gasteiger partial charge in [-0.25, -0.2) is 0 Å². The van der Waals surface area contributed by atoms with Crippen LogP contribution in [0.4, 0.5) is 0 Å². The van der Waals surface area contributed by atoms with Gasteiger partial charge in [0, 0.05) is 20.3 Å². The van der Waals surface area contributed by atoms with Crippen LogP contribution < -0.4 is 4.74 Å². The van der Waals surface area contributed by atoms with Crippen molar-refractivity contribution in [2.45, 2.75) is 6.42 Å². The molecule has 0 aliphatic rings. The summed E-state index contributed by atoms with van der Waals surface area (Å²) in [4.78, 5) is 0. The van der Waals surface area contributed by atoms with Crippen LogP contribution in [0.3, 0.4) is 0 Å². The summed E-state index contributed by atoms with van der Waals surface area (Å²) in [5.74, 6) is 0.699. The number of hydrogen-bond donors (Lipinski definition) is 0. The summed E-state index contributed by atoms with van der Waals surface area (Å²) >= 11 is 5.92. The molecule has 0 saturated carbocycles. The van der Waals surface area contributed by atoms with E-state index in [0.717, 1.165) is 13.0 Å². The van der Waals surface area contributed by atoms with Gasteiger partial charge in [-0.05, 0) is 18.6 Å². The summed E-state index contributed by atoms with van der Waals surface area (Å²) in [7, 11) is 1.68. The van der Waals surface area contributed by atoms with Gasteiger partial charge in [-0.2, -0.15) is 0 Å². The Morgan fingerprint density at radius 2 is 1.88 bits per heavy atom. The smallest absolute Gasteiger partial charge is 0.138 e. The van der Waals surface area contributed by atoms with E-state index < -0.39 is 0 Å². The van der Waals surface area contributed by atoms with Crippen LogP contribution in [0.5, 0.6) is 5.75 Å². The molecule has 0 atom stereocenters. The summed E-state index contributed by atoms with van der Waals surface area (Å²) < 4.78 is 15.7. The Morgan fingerprint density at radius 1 is 1.06 bits per heavy atom. The molecule has 0 bridgehead atoms. The van der Waals surface area contributed by atoms with Gasteiger partial charge in [0.25, 0.3) is 0 Å². The van der Waals surface area contributed by atoms with E-state index in [2.05, 4.69) is 0 Å². The lowest BCUT2D eigenvalue weighted by atomic mass is 10.3. The Bertz CT molecular complexity index is 291. The predicted molar refractivity (Wildman–Crippen MR) is 64.3 cm³/mol. The van der Waals surface area contributed by atoms with E-state index in [1.54, 1.807) is 13.2 Å². The Kier molecular flexibility index (Phi) is 6.97. The quantitative estimate of drug-likeness (QED) is 0.658. The maximum atomic E-state index is 5.92. The van der Waals surface area contributed by atoms with Crippen molar-refractivity contribution in [2.75, 3.05) is 33.5 Å². The zero-order valence-corrected chi connectivity index (χ0v) is 10.2. The van der Waals surface area contributed by atoms with E-state index in [-0.39, 0.29) is 0 Å². The van der Waals surface area contributed by atoms with Crippen molar-refractivity contribution in [3.8, 4) is 5.75 Å². The zero-order valence-electron chi connectivity index (χ0n) is 9.45. The van der Waals surface area contributed by atoms with Gasteiger partial charge in [0.2, 0.25) is 0 Å². The van der Waals surface area contributed by atoms with Gasteiger partial charge in [0.15, 0.2) is 0 Å². The minimum absolute atomic E-state index is 0.511.